The van der Waals surface area contributed by atoms with Crippen LogP contribution in [0.25, 0.3) is 0 Å². The topological polar surface area (TPSA) is 17.1 Å². The maximum absolute atomic E-state index is 11.5. The molecule has 2 heteroatoms. The Morgan fingerprint density at radius 2 is 1.85 bits per heavy atom. The molecule has 0 saturated carbocycles. The van der Waals surface area contributed by atoms with E-state index in [1.807, 2.05) is 26.0 Å². The highest BCUT2D eigenvalue weighted by Crippen LogP contribution is 2.12. The number of rotatable bonds is 2. The van der Waals surface area contributed by atoms with Crippen molar-refractivity contribution in [3.63, 3.8) is 0 Å². The van der Waals surface area contributed by atoms with Crippen molar-refractivity contribution in [3.05, 3.63) is 29.3 Å². The molecule has 0 aliphatic rings. The molecule has 0 heterocycles. The molecule has 1 aromatic rings. The van der Waals surface area contributed by atoms with E-state index in [0.717, 1.165) is 16.0 Å². The molecule has 0 fully saturated rings. The minimum atomic E-state index is -1.04. The quantitative estimate of drug-likeness (QED) is 0.655. The first kappa shape index (κ1) is 10.0. The fourth-order valence-electron chi connectivity index (χ4n) is 1.22. The van der Waals surface area contributed by atoms with Crippen molar-refractivity contribution in [2.75, 3.05) is 5.75 Å². The molecule has 0 N–H and O–H groups in total. The molecular formula is C11H12OS. The van der Waals surface area contributed by atoms with Gasteiger partial charge >= 0.3 is 0 Å². The predicted molar refractivity (Wildman–Crippen MR) is 56.0 cm³/mol. The highest BCUT2D eigenvalue weighted by Gasteiger charge is 2.02. The lowest BCUT2D eigenvalue weighted by Gasteiger charge is -2.02. The summed E-state index contributed by atoms with van der Waals surface area (Å²) in [6, 6.07) is 5.89. The molecule has 68 valence electrons. The lowest BCUT2D eigenvalue weighted by molar-refractivity contribution is 0.685. The monoisotopic (exact) mass is 192 g/mol. The van der Waals surface area contributed by atoms with E-state index in [1.165, 1.54) is 0 Å². The van der Waals surface area contributed by atoms with Crippen LogP contribution in [0.3, 0.4) is 0 Å². The Kier molecular flexibility index (Phi) is 3.27. The van der Waals surface area contributed by atoms with Crippen molar-refractivity contribution in [1.82, 2.24) is 0 Å². The van der Waals surface area contributed by atoms with Crippen LogP contribution in [0.5, 0.6) is 0 Å². The molecule has 0 amide bonds. The lowest BCUT2D eigenvalue weighted by atomic mass is 10.2. The third kappa shape index (κ3) is 2.71. The zero-order valence-electron chi connectivity index (χ0n) is 7.83. The summed E-state index contributed by atoms with van der Waals surface area (Å²) in [6.45, 7) is 3.98. The molecule has 0 spiro atoms. The van der Waals surface area contributed by atoms with E-state index in [0.29, 0.717) is 5.75 Å². The van der Waals surface area contributed by atoms with E-state index < -0.39 is 10.8 Å². The van der Waals surface area contributed by atoms with Gasteiger partial charge in [-0.1, -0.05) is 12.0 Å². The molecular weight excluding hydrogens is 180 g/mol. The lowest BCUT2D eigenvalue weighted by Crippen LogP contribution is -1.96. The van der Waals surface area contributed by atoms with E-state index >= 15 is 0 Å². The number of benzene rings is 1. The smallest absolute Gasteiger partial charge is 0.0891 e. The van der Waals surface area contributed by atoms with Crippen LogP contribution in [0.15, 0.2) is 23.1 Å². The van der Waals surface area contributed by atoms with Crippen LogP contribution < -0.4 is 0 Å². The summed E-state index contributed by atoms with van der Waals surface area (Å²) in [5.41, 5.74) is 2.25. The molecule has 1 nitrogen and oxygen atoms in total. The fraction of sp³-hybridized carbons (Fsp3) is 0.273. The highest BCUT2D eigenvalue weighted by molar-refractivity contribution is 7.85. The van der Waals surface area contributed by atoms with Crippen molar-refractivity contribution < 1.29 is 4.21 Å². The number of terminal acetylenes is 1. The Morgan fingerprint density at radius 1 is 1.31 bits per heavy atom. The van der Waals surface area contributed by atoms with Crippen LogP contribution in [-0.4, -0.2) is 9.96 Å². The van der Waals surface area contributed by atoms with E-state index in [9.17, 15) is 4.21 Å². The van der Waals surface area contributed by atoms with Crippen molar-refractivity contribution >= 4 is 10.8 Å². The number of hydrogen-bond acceptors (Lipinski definition) is 1. The zero-order valence-corrected chi connectivity index (χ0v) is 8.65. The Balaban J connectivity index is 3.02. The molecule has 0 saturated heterocycles. The van der Waals surface area contributed by atoms with Gasteiger partial charge in [0.15, 0.2) is 0 Å². The Morgan fingerprint density at radius 3 is 2.31 bits per heavy atom. The van der Waals surface area contributed by atoms with Gasteiger partial charge in [-0.05, 0) is 37.1 Å². The molecule has 1 atom stereocenters. The van der Waals surface area contributed by atoms with Crippen LogP contribution in [0.2, 0.25) is 0 Å². The summed E-state index contributed by atoms with van der Waals surface area (Å²) in [4.78, 5) is 0.829. The van der Waals surface area contributed by atoms with E-state index in [1.54, 1.807) is 0 Å². The Hall–Kier alpha value is -1.07. The molecule has 0 aromatic heterocycles. The normalized spacial score (nSPS) is 12.1. The van der Waals surface area contributed by atoms with E-state index in [-0.39, 0.29) is 0 Å². The summed E-state index contributed by atoms with van der Waals surface area (Å²) < 4.78 is 11.5. The molecule has 0 unspecified atom stereocenters. The molecule has 0 aliphatic carbocycles. The van der Waals surface area contributed by atoms with Crippen LogP contribution in [0.4, 0.5) is 0 Å². The second kappa shape index (κ2) is 4.25. The van der Waals surface area contributed by atoms with Gasteiger partial charge in [-0.2, -0.15) is 0 Å². The first-order valence-corrected chi connectivity index (χ1v) is 5.35. The molecule has 0 aliphatic heterocycles. The van der Waals surface area contributed by atoms with Crippen molar-refractivity contribution in [2.24, 2.45) is 0 Å². The average Bonchev–Trinajstić information content (AvgIpc) is 2.03. The Labute approximate surface area is 81.6 Å². The van der Waals surface area contributed by atoms with Crippen LogP contribution in [0.1, 0.15) is 11.1 Å². The first-order chi connectivity index (χ1) is 6.13. The first-order valence-electron chi connectivity index (χ1n) is 4.03. The molecule has 0 radical (unpaired) electrons. The van der Waals surface area contributed by atoms with Gasteiger partial charge in [0.25, 0.3) is 0 Å². The molecule has 13 heavy (non-hydrogen) atoms. The van der Waals surface area contributed by atoms with Gasteiger partial charge in [-0.25, -0.2) is 0 Å². The van der Waals surface area contributed by atoms with Gasteiger partial charge in [0, 0.05) is 4.90 Å². The summed E-state index contributed by atoms with van der Waals surface area (Å²) in [6.07, 6.45) is 5.10. The molecule has 1 rings (SSSR count). The Bertz CT molecular complexity index is 354. The van der Waals surface area contributed by atoms with Crippen molar-refractivity contribution in [1.29, 1.82) is 0 Å². The van der Waals surface area contributed by atoms with E-state index in [2.05, 4.69) is 12.0 Å². The van der Waals surface area contributed by atoms with Gasteiger partial charge in [0.1, 0.15) is 0 Å². The predicted octanol–water partition coefficient (Wildman–Crippen LogP) is 2.04. The van der Waals surface area contributed by atoms with Gasteiger partial charge in [-0.15, -0.1) is 6.42 Å². The second-order valence-electron chi connectivity index (χ2n) is 3.02. The number of hydrogen-bond donors (Lipinski definition) is 0. The van der Waals surface area contributed by atoms with Crippen molar-refractivity contribution in [2.45, 2.75) is 18.7 Å². The standard InChI is InChI=1S/C11H12OS/c1-4-5-13(12)11-7-9(2)6-10(3)8-11/h1,6-8H,5H2,2-3H3/t13-/m1/s1. The van der Waals surface area contributed by atoms with E-state index in [4.69, 9.17) is 6.42 Å². The van der Waals surface area contributed by atoms with Gasteiger partial charge < -0.3 is 0 Å². The van der Waals surface area contributed by atoms with Gasteiger partial charge in [0.2, 0.25) is 0 Å². The molecule has 0 bridgehead atoms. The van der Waals surface area contributed by atoms with Gasteiger partial charge in [0.05, 0.1) is 16.6 Å². The summed E-state index contributed by atoms with van der Waals surface area (Å²) in [5.74, 6) is 2.70. The third-order valence-electron chi connectivity index (χ3n) is 1.67. The fourth-order valence-corrected chi connectivity index (χ4v) is 2.18. The van der Waals surface area contributed by atoms with Crippen LogP contribution in [-0.2, 0) is 10.8 Å². The third-order valence-corrected chi connectivity index (χ3v) is 2.86. The maximum atomic E-state index is 11.5. The second-order valence-corrected chi connectivity index (χ2v) is 4.47. The summed E-state index contributed by atoms with van der Waals surface area (Å²) >= 11 is 0. The van der Waals surface area contributed by atoms with Gasteiger partial charge in [-0.3, -0.25) is 4.21 Å². The largest absolute Gasteiger partial charge is 0.253 e. The highest BCUT2D eigenvalue weighted by atomic mass is 32.2. The number of aryl methyl sites for hydroxylation is 2. The van der Waals surface area contributed by atoms with Crippen LogP contribution in [0, 0.1) is 26.2 Å². The SMILES string of the molecule is C#CC[S@@](=O)c1cc(C)cc(C)c1. The minimum absolute atomic E-state index is 0.295. The zero-order chi connectivity index (χ0) is 9.84. The van der Waals surface area contributed by atoms with Crippen LogP contribution >= 0.6 is 0 Å². The molecule has 1 aromatic carbocycles. The summed E-state index contributed by atoms with van der Waals surface area (Å²) in [5, 5.41) is 0. The average molecular weight is 192 g/mol. The minimum Gasteiger partial charge on any atom is -0.253 e. The maximum Gasteiger partial charge on any atom is 0.0891 e. The summed E-state index contributed by atoms with van der Waals surface area (Å²) in [7, 11) is -1.04. The van der Waals surface area contributed by atoms with Crippen molar-refractivity contribution in [3.8, 4) is 12.3 Å².